The van der Waals surface area contributed by atoms with E-state index in [4.69, 9.17) is 13.9 Å². The molecule has 1 aliphatic heterocycles. The largest absolute Gasteiger partial charge is 0.497 e. The number of hydrogen-bond acceptors (Lipinski definition) is 7. The number of benzene rings is 1. The van der Waals surface area contributed by atoms with Crippen molar-refractivity contribution in [2.75, 3.05) is 33.1 Å². The molecule has 0 aliphatic carbocycles. The molecule has 146 valence electrons. The van der Waals surface area contributed by atoms with E-state index in [-0.39, 0.29) is 5.91 Å². The lowest BCUT2D eigenvalue weighted by Gasteiger charge is -2.34. The zero-order valence-electron chi connectivity index (χ0n) is 16.1. The van der Waals surface area contributed by atoms with Gasteiger partial charge < -0.3 is 18.8 Å². The van der Waals surface area contributed by atoms with E-state index in [0.29, 0.717) is 45.8 Å². The van der Waals surface area contributed by atoms with Gasteiger partial charge in [0.15, 0.2) is 0 Å². The van der Waals surface area contributed by atoms with E-state index >= 15 is 0 Å². The van der Waals surface area contributed by atoms with Crippen LogP contribution in [0.25, 0.3) is 11.5 Å². The van der Waals surface area contributed by atoms with Crippen molar-refractivity contribution in [1.82, 2.24) is 15.1 Å². The van der Waals surface area contributed by atoms with Gasteiger partial charge in [0.05, 0.1) is 25.5 Å². The van der Waals surface area contributed by atoms with Crippen LogP contribution in [0.15, 0.2) is 27.8 Å². The van der Waals surface area contributed by atoms with E-state index in [9.17, 15) is 4.79 Å². The Labute approximate surface area is 163 Å². The SMILES string of the molecule is COc1ccc(-c2nnc(SCC(=O)N3C[C@H](C)C[C@H](C)C3)o2)c(OC)c1. The van der Waals surface area contributed by atoms with Crippen molar-refractivity contribution in [3.8, 4) is 23.0 Å². The quantitative estimate of drug-likeness (QED) is 0.699. The average molecular weight is 391 g/mol. The highest BCUT2D eigenvalue weighted by Crippen LogP contribution is 2.33. The first-order chi connectivity index (χ1) is 13.0. The molecular formula is C19H25N3O4S. The van der Waals surface area contributed by atoms with Crippen LogP contribution in [0.5, 0.6) is 11.5 Å². The second-order valence-corrected chi connectivity index (χ2v) is 7.90. The lowest BCUT2D eigenvalue weighted by molar-refractivity contribution is -0.130. The fraction of sp³-hybridized carbons (Fsp3) is 0.526. The van der Waals surface area contributed by atoms with E-state index < -0.39 is 0 Å². The maximum Gasteiger partial charge on any atom is 0.277 e. The van der Waals surface area contributed by atoms with Crippen molar-refractivity contribution in [3.05, 3.63) is 18.2 Å². The van der Waals surface area contributed by atoms with Crippen LogP contribution >= 0.6 is 11.8 Å². The molecule has 0 N–H and O–H groups in total. The van der Waals surface area contributed by atoms with Crippen LogP contribution in [-0.4, -0.2) is 54.1 Å². The Hall–Kier alpha value is -2.22. The minimum Gasteiger partial charge on any atom is -0.497 e. The van der Waals surface area contributed by atoms with Gasteiger partial charge in [0.25, 0.3) is 11.1 Å². The van der Waals surface area contributed by atoms with Gasteiger partial charge in [-0.2, -0.15) is 0 Å². The van der Waals surface area contributed by atoms with Gasteiger partial charge in [-0.15, -0.1) is 10.2 Å². The van der Waals surface area contributed by atoms with E-state index in [1.54, 1.807) is 32.4 Å². The summed E-state index contributed by atoms with van der Waals surface area (Å²) < 4.78 is 16.3. The molecule has 8 heteroatoms. The van der Waals surface area contributed by atoms with Gasteiger partial charge in [0.1, 0.15) is 11.5 Å². The summed E-state index contributed by atoms with van der Waals surface area (Å²) in [6, 6.07) is 5.37. The second-order valence-electron chi connectivity index (χ2n) is 6.97. The molecule has 2 aromatic rings. The number of carbonyl (C=O) groups is 1. The molecule has 0 spiro atoms. The number of thioether (sulfide) groups is 1. The summed E-state index contributed by atoms with van der Waals surface area (Å²) in [5.41, 5.74) is 0.683. The highest BCUT2D eigenvalue weighted by atomic mass is 32.2. The van der Waals surface area contributed by atoms with Crippen LogP contribution in [0, 0.1) is 11.8 Å². The maximum absolute atomic E-state index is 12.5. The Kier molecular flexibility index (Phi) is 6.26. The normalized spacial score (nSPS) is 19.8. The summed E-state index contributed by atoms with van der Waals surface area (Å²) in [6.45, 7) is 6.02. The average Bonchev–Trinajstić information content (AvgIpc) is 3.13. The van der Waals surface area contributed by atoms with Gasteiger partial charge >= 0.3 is 0 Å². The number of likely N-dealkylation sites (tertiary alicyclic amines) is 1. The Balaban J connectivity index is 1.64. The molecule has 7 nitrogen and oxygen atoms in total. The molecule has 1 aromatic heterocycles. The van der Waals surface area contributed by atoms with Gasteiger partial charge in [0.2, 0.25) is 5.91 Å². The topological polar surface area (TPSA) is 77.7 Å². The molecule has 27 heavy (non-hydrogen) atoms. The number of piperidine rings is 1. The highest BCUT2D eigenvalue weighted by Gasteiger charge is 2.25. The Morgan fingerprint density at radius 3 is 2.63 bits per heavy atom. The minimum atomic E-state index is 0.111. The lowest BCUT2D eigenvalue weighted by Crippen LogP contribution is -2.43. The third-order valence-electron chi connectivity index (χ3n) is 4.59. The standard InChI is InChI=1S/C19H25N3O4S/c1-12-7-13(2)10-22(9-12)17(23)11-27-19-21-20-18(26-19)15-6-5-14(24-3)8-16(15)25-4/h5-6,8,12-13H,7,9-11H2,1-4H3/t12-,13+. The molecule has 1 aromatic carbocycles. The molecule has 1 amide bonds. The minimum absolute atomic E-state index is 0.111. The summed E-state index contributed by atoms with van der Waals surface area (Å²) >= 11 is 1.26. The summed E-state index contributed by atoms with van der Waals surface area (Å²) in [5.74, 6) is 3.11. The number of amides is 1. The van der Waals surface area contributed by atoms with Crippen molar-refractivity contribution in [2.45, 2.75) is 25.5 Å². The van der Waals surface area contributed by atoms with Crippen LogP contribution in [0.4, 0.5) is 0 Å². The van der Waals surface area contributed by atoms with Crippen molar-refractivity contribution in [1.29, 1.82) is 0 Å². The Morgan fingerprint density at radius 2 is 1.96 bits per heavy atom. The molecule has 2 atom stereocenters. The molecule has 1 aliphatic rings. The van der Waals surface area contributed by atoms with Gasteiger partial charge in [-0.25, -0.2) is 0 Å². The van der Waals surface area contributed by atoms with E-state index in [1.807, 2.05) is 4.90 Å². The number of rotatable bonds is 6. The summed E-state index contributed by atoms with van der Waals surface area (Å²) in [5, 5.41) is 8.50. The Bertz CT molecular complexity index is 785. The smallest absolute Gasteiger partial charge is 0.277 e. The number of aromatic nitrogens is 2. The summed E-state index contributed by atoms with van der Waals surface area (Å²) in [7, 11) is 3.17. The highest BCUT2D eigenvalue weighted by molar-refractivity contribution is 7.99. The molecule has 0 bridgehead atoms. The zero-order chi connectivity index (χ0) is 19.4. The molecule has 3 rings (SSSR count). The van der Waals surface area contributed by atoms with Crippen molar-refractivity contribution in [2.24, 2.45) is 11.8 Å². The maximum atomic E-state index is 12.5. The van der Waals surface area contributed by atoms with Gasteiger partial charge in [-0.1, -0.05) is 25.6 Å². The van der Waals surface area contributed by atoms with Crippen LogP contribution in [0.3, 0.4) is 0 Å². The summed E-state index contributed by atoms with van der Waals surface area (Å²) in [4.78, 5) is 14.4. The number of hydrogen-bond donors (Lipinski definition) is 0. The monoisotopic (exact) mass is 391 g/mol. The third-order valence-corrected chi connectivity index (χ3v) is 5.39. The molecule has 1 fully saturated rings. The first kappa shape index (κ1) is 19.5. The third kappa shape index (κ3) is 4.74. The zero-order valence-corrected chi connectivity index (χ0v) is 16.9. The fourth-order valence-corrected chi connectivity index (χ4v) is 4.10. The summed E-state index contributed by atoms with van der Waals surface area (Å²) in [6.07, 6.45) is 1.17. The lowest BCUT2D eigenvalue weighted by atomic mass is 9.92. The Morgan fingerprint density at radius 1 is 1.22 bits per heavy atom. The predicted octanol–water partition coefficient (Wildman–Crippen LogP) is 3.35. The molecular weight excluding hydrogens is 366 g/mol. The van der Waals surface area contributed by atoms with Crippen LogP contribution in [0.1, 0.15) is 20.3 Å². The number of carbonyl (C=O) groups excluding carboxylic acids is 1. The molecule has 0 radical (unpaired) electrons. The van der Waals surface area contributed by atoms with Crippen LogP contribution in [0.2, 0.25) is 0 Å². The van der Waals surface area contributed by atoms with E-state index in [0.717, 1.165) is 13.1 Å². The number of ether oxygens (including phenoxy) is 2. The first-order valence-corrected chi connectivity index (χ1v) is 9.95. The molecule has 0 saturated carbocycles. The number of nitrogens with zero attached hydrogens (tertiary/aromatic N) is 3. The molecule has 2 heterocycles. The van der Waals surface area contributed by atoms with Gasteiger partial charge in [-0.05, 0) is 30.4 Å². The van der Waals surface area contributed by atoms with E-state index in [1.165, 1.54) is 18.2 Å². The van der Waals surface area contributed by atoms with Crippen LogP contribution in [-0.2, 0) is 4.79 Å². The molecule has 0 unspecified atom stereocenters. The van der Waals surface area contributed by atoms with Crippen molar-refractivity contribution in [3.63, 3.8) is 0 Å². The van der Waals surface area contributed by atoms with Gasteiger partial charge in [0, 0.05) is 19.2 Å². The first-order valence-electron chi connectivity index (χ1n) is 8.96. The second kappa shape index (κ2) is 8.65. The van der Waals surface area contributed by atoms with Crippen molar-refractivity contribution < 1.29 is 18.7 Å². The van der Waals surface area contributed by atoms with E-state index in [2.05, 4.69) is 24.0 Å². The van der Waals surface area contributed by atoms with Crippen LogP contribution < -0.4 is 9.47 Å². The fourth-order valence-electron chi connectivity index (χ4n) is 3.43. The van der Waals surface area contributed by atoms with Crippen molar-refractivity contribution >= 4 is 17.7 Å². The number of methoxy groups -OCH3 is 2. The van der Waals surface area contributed by atoms with Gasteiger partial charge in [-0.3, -0.25) is 4.79 Å². The molecule has 1 saturated heterocycles. The predicted molar refractivity (Wildman–Crippen MR) is 103 cm³/mol.